The van der Waals surface area contributed by atoms with Crippen LogP contribution in [0.5, 0.6) is 0 Å². The van der Waals surface area contributed by atoms with Crippen molar-refractivity contribution in [1.82, 2.24) is 24.3 Å². The maximum atomic E-state index is 12.7. The molecule has 1 aliphatic rings. The Morgan fingerprint density at radius 2 is 2.04 bits per heavy atom. The molecule has 7 nitrogen and oxygen atoms in total. The highest BCUT2D eigenvalue weighted by atomic mass is 16.2. The first-order chi connectivity index (χ1) is 12.8. The molecular weight excluding hydrogens is 328 g/mol. The van der Waals surface area contributed by atoms with Crippen LogP contribution in [0.2, 0.25) is 0 Å². The van der Waals surface area contributed by atoms with E-state index in [9.17, 15) is 4.79 Å². The van der Waals surface area contributed by atoms with Gasteiger partial charge in [-0.2, -0.15) is 0 Å². The van der Waals surface area contributed by atoms with E-state index in [0.717, 1.165) is 29.7 Å². The number of benzene rings is 1. The van der Waals surface area contributed by atoms with Crippen LogP contribution in [0.15, 0.2) is 30.6 Å². The number of carbonyl (C=O) groups is 1. The van der Waals surface area contributed by atoms with E-state index in [2.05, 4.69) is 20.1 Å². The Hall–Kier alpha value is -2.70. The zero-order valence-electron chi connectivity index (χ0n) is 15.1. The lowest BCUT2D eigenvalue weighted by molar-refractivity contribution is -0.116. The number of imidazole rings is 1. The number of anilines is 1. The standard InChI is InChI=1S/C19H24N6O/c1-2-24-13-20-23-19(24)22-17(26)12-25-16-11-7-6-10-15(16)21-18(25)14-8-4-3-5-9-14/h6-7,10-11,13-14H,2-5,8-9,12H2,1H3,(H,22,23,26). The van der Waals surface area contributed by atoms with Crippen molar-refractivity contribution in [3.63, 3.8) is 0 Å². The number of hydrogen-bond acceptors (Lipinski definition) is 4. The minimum Gasteiger partial charge on any atom is -0.318 e. The van der Waals surface area contributed by atoms with E-state index in [0.29, 0.717) is 18.4 Å². The Morgan fingerprint density at radius 1 is 1.23 bits per heavy atom. The summed E-state index contributed by atoms with van der Waals surface area (Å²) in [5.74, 6) is 1.86. The topological polar surface area (TPSA) is 77.6 Å². The normalized spacial score (nSPS) is 15.4. The largest absolute Gasteiger partial charge is 0.318 e. The summed E-state index contributed by atoms with van der Waals surface area (Å²) < 4.78 is 3.89. The van der Waals surface area contributed by atoms with E-state index in [1.165, 1.54) is 19.3 Å². The number of para-hydroxylation sites is 2. The first kappa shape index (κ1) is 16.8. The van der Waals surface area contributed by atoms with Crippen molar-refractivity contribution >= 4 is 22.9 Å². The molecule has 0 spiro atoms. The summed E-state index contributed by atoms with van der Waals surface area (Å²) in [6.45, 7) is 2.94. The van der Waals surface area contributed by atoms with Crippen molar-refractivity contribution in [3.8, 4) is 0 Å². The fraction of sp³-hybridized carbons (Fsp3) is 0.474. The van der Waals surface area contributed by atoms with Crippen LogP contribution in [0.25, 0.3) is 11.0 Å². The van der Waals surface area contributed by atoms with Gasteiger partial charge in [0.2, 0.25) is 11.9 Å². The molecule has 0 bridgehead atoms. The molecule has 1 fully saturated rings. The van der Waals surface area contributed by atoms with Gasteiger partial charge in [-0.3, -0.25) is 10.1 Å². The van der Waals surface area contributed by atoms with Gasteiger partial charge in [-0.05, 0) is 31.9 Å². The summed E-state index contributed by atoms with van der Waals surface area (Å²) >= 11 is 0. The van der Waals surface area contributed by atoms with Crippen molar-refractivity contribution in [2.75, 3.05) is 5.32 Å². The number of nitrogens with one attached hydrogen (secondary N) is 1. The summed E-state index contributed by atoms with van der Waals surface area (Å²) in [6, 6.07) is 8.05. The first-order valence-corrected chi connectivity index (χ1v) is 9.39. The highest BCUT2D eigenvalue weighted by molar-refractivity contribution is 5.90. The van der Waals surface area contributed by atoms with Crippen LogP contribution in [0, 0.1) is 0 Å². The highest BCUT2D eigenvalue weighted by Gasteiger charge is 2.23. The second-order valence-electron chi connectivity index (χ2n) is 6.87. The maximum Gasteiger partial charge on any atom is 0.246 e. The summed E-state index contributed by atoms with van der Waals surface area (Å²) in [4.78, 5) is 17.6. The Kier molecular flexibility index (Phi) is 4.69. The number of carbonyl (C=O) groups excluding carboxylic acids is 1. The monoisotopic (exact) mass is 352 g/mol. The number of rotatable bonds is 5. The molecule has 1 aliphatic carbocycles. The molecule has 0 radical (unpaired) electrons. The molecule has 0 saturated heterocycles. The third-order valence-electron chi connectivity index (χ3n) is 5.16. The van der Waals surface area contributed by atoms with E-state index < -0.39 is 0 Å². The minimum absolute atomic E-state index is 0.104. The quantitative estimate of drug-likeness (QED) is 0.764. The Morgan fingerprint density at radius 3 is 2.85 bits per heavy atom. The van der Waals surface area contributed by atoms with Crippen LogP contribution in [0.3, 0.4) is 0 Å². The van der Waals surface area contributed by atoms with E-state index in [-0.39, 0.29) is 12.5 Å². The lowest BCUT2D eigenvalue weighted by atomic mass is 9.88. The van der Waals surface area contributed by atoms with Crippen molar-refractivity contribution < 1.29 is 4.79 Å². The molecule has 136 valence electrons. The predicted molar refractivity (Wildman–Crippen MR) is 99.9 cm³/mol. The number of amides is 1. The lowest BCUT2D eigenvalue weighted by Gasteiger charge is -2.22. The van der Waals surface area contributed by atoms with Crippen LogP contribution in [-0.2, 0) is 17.9 Å². The summed E-state index contributed by atoms with van der Waals surface area (Å²) in [5.41, 5.74) is 1.97. The molecule has 0 atom stereocenters. The van der Waals surface area contributed by atoms with Crippen LogP contribution >= 0.6 is 0 Å². The average molecular weight is 352 g/mol. The van der Waals surface area contributed by atoms with Crippen molar-refractivity contribution in [2.45, 2.75) is 58.0 Å². The molecule has 1 aromatic carbocycles. The van der Waals surface area contributed by atoms with Crippen molar-refractivity contribution in [1.29, 1.82) is 0 Å². The van der Waals surface area contributed by atoms with Gasteiger partial charge < -0.3 is 9.13 Å². The van der Waals surface area contributed by atoms with Gasteiger partial charge >= 0.3 is 0 Å². The molecule has 2 heterocycles. The van der Waals surface area contributed by atoms with Gasteiger partial charge in [0.15, 0.2) is 0 Å². The Bertz CT molecular complexity index is 906. The average Bonchev–Trinajstić information content (AvgIpc) is 3.27. The molecule has 3 aromatic rings. The fourth-order valence-electron chi connectivity index (χ4n) is 3.82. The van der Waals surface area contributed by atoms with Crippen LogP contribution in [0.1, 0.15) is 50.8 Å². The second kappa shape index (κ2) is 7.27. The Balaban J connectivity index is 1.63. The Labute approximate surface area is 152 Å². The maximum absolute atomic E-state index is 12.7. The van der Waals surface area contributed by atoms with Gasteiger partial charge in [-0.25, -0.2) is 4.98 Å². The van der Waals surface area contributed by atoms with Crippen LogP contribution in [0.4, 0.5) is 5.95 Å². The van der Waals surface area contributed by atoms with Crippen LogP contribution in [-0.4, -0.2) is 30.2 Å². The highest BCUT2D eigenvalue weighted by Crippen LogP contribution is 2.33. The molecule has 4 rings (SSSR count). The predicted octanol–water partition coefficient (Wildman–Crippen LogP) is 3.33. The SMILES string of the molecule is CCn1cnnc1NC(=O)Cn1c(C2CCCCC2)nc2ccccc21. The summed E-state index contributed by atoms with van der Waals surface area (Å²) in [7, 11) is 0. The van der Waals surface area contributed by atoms with E-state index in [1.54, 1.807) is 6.33 Å². The van der Waals surface area contributed by atoms with E-state index in [1.807, 2.05) is 35.8 Å². The first-order valence-electron chi connectivity index (χ1n) is 9.39. The van der Waals surface area contributed by atoms with Gasteiger partial charge in [0.25, 0.3) is 0 Å². The summed E-state index contributed by atoms with van der Waals surface area (Å²) in [6.07, 6.45) is 7.68. The molecule has 1 saturated carbocycles. The van der Waals surface area contributed by atoms with Crippen molar-refractivity contribution in [3.05, 3.63) is 36.4 Å². The van der Waals surface area contributed by atoms with Gasteiger partial charge in [0.05, 0.1) is 11.0 Å². The molecular formula is C19H24N6O. The van der Waals surface area contributed by atoms with E-state index >= 15 is 0 Å². The number of fused-ring (bicyclic) bond motifs is 1. The lowest BCUT2D eigenvalue weighted by Crippen LogP contribution is -2.23. The molecule has 26 heavy (non-hydrogen) atoms. The summed E-state index contributed by atoms with van der Waals surface area (Å²) in [5, 5.41) is 10.7. The third-order valence-corrected chi connectivity index (χ3v) is 5.16. The minimum atomic E-state index is -0.104. The molecule has 0 unspecified atom stereocenters. The smallest absolute Gasteiger partial charge is 0.246 e. The number of nitrogens with zero attached hydrogens (tertiary/aromatic N) is 5. The molecule has 1 N–H and O–H groups in total. The molecule has 0 aliphatic heterocycles. The fourth-order valence-corrected chi connectivity index (χ4v) is 3.82. The van der Waals surface area contributed by atoms with Gasteiger partial charge in [0, 0.05) is 12.5 Å². The zero-order chi connectivity index (χ0) is 17.9. The molecule has 1 amide bonds. The van der Waals surface area contributed by atoms with Gasteiger partial charge in [-0.1, -0.05) is 31.4 Å². The second-order valence-corrected chi connectivity index (χ2v) is 6.87. The zero-order valence-corrected chi connectivity index (χ0v) is 15.1. The van der Waals surface area contributed by atoms with Gasteiger partial charge in [0.1, 0.15) is 18.7 Å². The number of aromatic nitrogens is 5. The van der Waals surface area contributed by atoms with E-state index in [4.69, 9.17) is 4.98 Å². The molecule has 2 aromatic heterocycles. The third kappa shape index (κ3) is 3.21. The number of aryl methyl sites for hydroxylation is 1. The van der Waals surface area contributed by atoms with Gasteiger partial charge in [-0.15, -0.1) is 10.2 Å². The van der Waals surface area contributed by atoms with Crippen LogP contribution < -0.4 is 5.32 Å². The van der Waals surface area contributed by atoms with Crippen molar-refractivity contribution in [2.24, 2.45) is 0 Å². The molecule has 7 heteroatoms. The number of hydrogen-bond donors (Lipinski definition) is 1.